The number of hydrogen-bond donors (Lipinski definition) is 0. The summed E-state index contributed by atoms with van der Waals surface area (Å²) in [5, 5.41) is 0. The summed E-state index contributed by atoms with van der Waals surface area (Å²) in [4.78, 5) is 0. The molecule has 0 aromatic heterocycles. The van der Waals surface area contributed by atoms with Gasteiger partial charge in [-0.15, -0.1) is 0 Å². The number of unbranched alkanes of at least 4 members (excludes halogenated alkanes) is 2. The van der Waals surface area contributed by atoms with E-state index in [1.165, 1.54) is 43.3 Å². The van der Waals surface area contributed by atoms with Crippen LogP contribution in [0.3, 0.4) is 0 Å². The first-order valence-corrected chi connectivity index (χ1v) is 8.74. The molecule has 23 heavy (non-hydrogen) atoms. The van der Waals surface area contributed by atoms with Gasteiger partial charge >= 0.3 is 6.18 Å². The van der Waals surface area contributed by atoms with E-state index in [-0.39, 0.29) is 0 Å². The highest BCUT2D eigenvalue weighted by atomic mass is 19.4. The third-order valence-electron chi connectivity index (χ3n) is 4.63. The van der Waals surface area contributed by atoms with Crippen molar-refractivity contribution < 1.29 is 17.9 Å². The Morgan fingerprint density at radius 3 is 2.57 bits per heavy atom. The van der Waals surface area contributed by atoms with Crippen molar-refractivity contribution >= 4 is 0 Å². The van der Waals surface area contributed by atoms with Gasteiger partial charge in [-0.05, 0) is 42.7 Å². The van der Waals surface area contributed by atoms with Gasteiger partial charge in [0.15, 0.2) is 0 Å². The van der Waals surface area contributed by atoms with Gasteiger partial charge in [0.25, 0.3) is 0 Å². The Morgan fingerprint density at radius 2 is 2.00 bits per heavy atom. The summed E-state index contributed by atoms with van der Waals surface area (Å²) in [6, 6.07) is 0. The zero-order chi connectivity index (χ0) is 16.7. The van der Waals surface area contributed by atoms with Crippen LogP contribution in [0.2, 0.25) is 0 Å². The van der Waals surface area contributed by atoms with Gasteiger partial charge in [-0.3, -0.25) is 0 Å². The maximum absolute atomic E-state index is 12.2. The number of hydrogen-bond acceptors (Lipinski definition) is 1. The predicted molar refractivity (Wildman–Crippen MR) is 87.2 cm³/mol. The summed E-state index contributed by atoms with van der Waals surface area (Å²) in [6.07, 6.45) is 12.5. The fraction of sp³-hybridized carbons (Fsp3) is 0.684. The summed E-state index contributed by atoms with van der Waals surface area (Å²) >= 11 is 0. The van der Waals surface area contributed by atoms with E-state index in [1.54, 1.807) is 6.08 Å². The first kappa shape index (κ1) is 18.3. The molecule has 0 aromatic carbocycles. The van der Waals surface area contributed by atoms with Crippen LogP contribution < -0.4 is 0 Å². The van der Waals surface area contributed by atoms with Crippen molar-refractivity contribution in [1.82, 2.24) is 0 Å². The van der Waals surface area contributed by atoms with E-state index in [2.05, 4.69) is 13.0 Å². The number of halogens is 3. The molecule has 1 nitrogen and oxygen atoms in total. The minimum Gasteiger partial charge on any atom is -0.364 e. The Kier molecular flexibility index (Phi) is 6.94. The average Bonchev–Trinajstić information content (AvgIpc) is 2.54. The standard InChI is InChI=1S/C19H27F3O/c1-2-3-4-5-15-6-8-16(9-7-15)17-10-12-18(13-11-17)23-14-19(20,21)22/h8,10-12,15,18H,2-7,9,13-14H2,1H3. The molecule has 2 aliphatic carbocycles. The Balaban J connectivity index is 1.76. The molecule has 2 atom stereocenters. The van der Waals surface area contributed by atoms with E-state index in [1.807, 2.05) is 12.2 Å². The molecule has 0 saturated carbocycles. The lowest BCUT2D eigenvalue weighted by Crippen LogP contribution is -2.22. The van der Waals surface area contributed by atoms with Crippen LogP contribution in [0.1, 0.15) is 58.3 Å². The molecule has 2 aliphatic rings. The number of alkyl halides is 3. The molecular weight excluding hydrogens is 301 g/mol. The second-order valence-corrected chi connectivity index (χ2v) is 6.58. The van der Waals surface area contributed by atoms with Crippen LogP contribution in [0, 0.1) is 5.92 Å². The maximum atomic E-state index is 12.2. The first-order valence-electron chi connectivity index (χ1n) is 8.74. The molecule has 0 aliphatic heterocycles. The van der Waals surface area contributed by atoms with E-state index >= 15 is 0 Å². The van der Waals surface area contributed by atoms with Crippen molar-refractivity contribution in [2.24, 2.45) is 5.92 Å². The van der Waals surface area contributed by atoms with Crippen LogP contribution in [-0.2, 0) is 4.74 Å². The van der Waals surface area contributed by atoms with Gasteiger partial charge in [-0.2, -0.15) is 13.2 Å². The fourth-order valence-electron chi connectivity index (χ4n) is 3.26. The fourth-order valence-corrected chi connectivity index (χ4v) is 3.26. The summed E-state index contributed by atoms with van der Waals surface area (Å²) in [6.45, 7) is 1.06. The molecule has 0 N–H and O–H groups in total. The zero-order valence-corrected chi connectivity index (χ0v) is 13.9. The minimum absolute atomic E-state index is 0.452. The second-order valence-electron chi connectivity index (χ2n) is 6.58. The van der Waals surface area contributed by atoms with Crippen molar-refractivity contribution in [3.05, 3.63) is 35.5 Å². The van der Waals surface area contributed by atoms with Gasteiger partial charge in [-0.25, -0.2) is 0 Å². The Bertz CT molecular complexity index is 460. The molecule has 0 spiro atoms. The van der Waals surface area contributed by atoms with Gasteiger partial charge in [0, 0.05) is 0 Å². The smallest absolute Gasteiger partial charge is 0.364 e. The molecule has 0 saturated heterocycles. The van der Waals surface area contributed by atoms with Crippen LogP contribution in [0.25, 0.3) is 0 Å². The van der Waals surface area contributed by atoms with Crippen molar-refractivity contribution in [1.29, 1.82) is 0 Å². The first-order chi connectivity index (χ1) is 11.0. The number of ether oxygens (including phenoxy) is 1. The Labute approximate surface area is 137 Å². The second kappa shape index (κ2) is 8.72. The van der Waals surface area contributed by atoms with Crippen LogP contribution >= 0.6 is 0 Å². The van der Waals surface area contributed by atoms with Gasteiger partial charge in [0.1, 0.15) is 6.61 Å². The topological polar surface area (TPSA) is 9.23 Å². The normalized spacial score (nSPS) is 25.2. The monoisotopic (exact) mass is 328 g/mol. The van der Waals surface area contributed by atoms with Gasteiger partial charge in [0.05, 0.1) is 6.10 Å². The summed E-state index contributed by atoms with van der Waals surface area (Å²) in [5.41, 5.74) is 2.52. The molecule has 0 heterocycles. The quantitative estimate of drug-likeness (QED) is 0.511. The molecule has 0 amide bonds. The molecule has 0 fully saturated rings. The zero-order valence-electron chi connectivity index (χ0n) is 13.9. The lowest BCUT2D eigenvalue weighted by molar-refractivity contribution is -0.180. The van der Waals surface area contributed by atoms with Crippen LogP contribution in [-0.4, -0.2) is 18.9 Å². The highest BCUT2D eigenvalue weighted by Crippen LogP contribution is 2.33. The molecular formula is C19H27F3O. The largest absolute Gasteiger partial charge is 0.411 e. The maximum Gasteiger partial charge on any atom is 0.411 e. The molecule has 130 valence electrons. The third-order valence-corrected chi connectivity index (χ3v) is 4.63. The predicted octanol–water partition coefficient (Wildman–Crippen LogP) is 6.13. The summed E-state index contributed by atoms with van der Waals surface area (Å²) in [5.74, 6) is 0.807. The van der Waals surface area contributed by atoms with Gasteiger partial charge < -0.3 is 4.74 Å². The SMILES string of the molecule is CCCCCC1CC=C(C2=CCC(OCC(F)(F)F)C=C2)CC1. The lowest BCUT2D eigenvalue weighted by Gasteiger charge is -2.24. The van der Waals surface area contributed by atoms with E-state index in [4.69, 9.17) is 4.74 Å². The van der Waals surface area contributed by atoms with Crippen molar-refractivity contribution in [2.45, 2.75) is 70.6 Å². The van der Waals surface area contributed by atoms with Crippen LogP contribution in [0.4, 0.5) is 13.2 Å². The summed E-state index contributed by atoms with van der Waals surface area (Å²) in [7, 11) is 0. The van der Waals surface area contributed by atoms with Gasteiger partial charge in [0.2, 0.25) is 0 Å². The molecule has 4 heteroatoms. The Morgan fingerprint density at radius 1 is 1.17 bits per heavy atom. The lowest BCUT2D eigenvalue weighted by atomic mass is 9.82. The molecule has 0 aromatic rings. The van der Waals surface area contributed by atoms with E-state index in [0.717, 1.165) is 18.8 Å². The number of rotatable bonds is 7. The highest BCUT2D eigenvalue weighted by molar-refractivity contribution is 5.42. The minimum atomic E-state index is -4.25. The van der Waals surface area contributed by atoms with Crippen molar-refractivity contribution in [2.75, 3.05) is 6.61 Å². The van der Waals surface area contributed by atoms with Crippen LogP contribution in [0.5, 0.6) is 0 Å². The van der Waals surface area contributed by atoms with Gasteiger partial charge in [-0.1, -0.05) is 56.9 Å². The Hall–Kier alpha value is -1.03. The average molecular weight is 328 g/mol. The van der Waals surface area contributed by atoms with E-state index < -0.39 is 18.9 Å². The molecule has 2 rings (SSSR count). The van der Waals surface area contributed by atoms with Crippen molar-refractivity contribution in [3.8, 4) is 0 Å². The third kappa shape index (κ3) is 6.54. The van der Waals surface area contributed by atoms with Crippen LogP contribution in [0.15, 0.2) is 35.5 Å². The highest BCUT2D eigenvalue weighted by Gasteiger charge is 2.29. The molecule has 0 radical (unpaired) electrons. The van der Waals surface area contributed by atoms with E-state index in [9.17, 15) is 13.2 Å². The van der Waals surface area contributed by atoms with E-state index in [0.29, 0.717) is 6.42 Å². The molecule has 2 unspecified atom stereocenters. The summed E-state index contributed by atoms with van der Waals surface area (Å²) < 4.78 is 41.3. The molecule has 0 bridgehead atoms. The van der Waals surface area contributed by atoms with Crippen molar-refractivity contribution in [3.63, 3.8) is 0 Å². The number of allylic oxidation sites excluding steroid dienone is 4.